The summed E-state index contributed by atoms with van der Waals surface area (Å²) in [4.78, 5) is 10.6. The van der Waals surface area contributed by atoms with Gasteiger partial charge in [0.25, 0.3) is 5.69 Å². The van der Waals surface area contributed by atoms with Crippen LogP contribution in [0.2, 0.25) is 0 Å². The zero-order valence-corrected chi connectivity index (χ0v) is 11.5. The highest BCUT2D eigenvalue weighted by Crippen LogP contribution is 2.35. The van der Waals surface area contributed by atoms with E-state index in [4.69, 9.17) is 0 Å². The third-order valence-electron chi connectivity index (χ3n) is 3.43. The summed E-state index contributed by atoms with van der Waals surface area (Å²) in [6.07, 6.45) is 3.50. The average Bonchev–Trinajstić information content (AvgIpc) is 3.20. The fourth-order valence-corrected chi connectivity index (χ4v) is 2.15. The van der Waals surface area contributed by atoms with Crippen LogP contribution in [0.5, 0.6) is 0 Å². The van der Waals surface area contributed by atoms with E-state index < -0.39 is 0 Å². The fraction of sp³-hybridized carbons (Fsp3) is 0.571. The van der Waals surface area contributed by atoms with Gasteiger partial charge in [-0.2, -0.15) is 0 Å². The van der Waals surface area contributed by atoms with Gasteiger partial charge >= 0.3 is 0 Å². The molecule has 0 saturated heterocycles. The molecular weight excluding hydrogens is 242 g/mol. The Kier molecular flexibility index (Phi) is 4.24. The molecule has 5 heteroatoms. The second-order valence-corrected chi connectivity index (χ2v) is 5.22. The lowest BCUT2D eigenvalue weighted by Gasteiger charge is -2.15. The molecule has 0 aromatic heterocycles. The maximum Gasteiger partial charge on any atom is 0.273 e. The zero-order valence-electron chi connectivity index (χ0n) is 11.5. The van der Waals surface area contributed by atoms with E-state index in [0.29, 0.717) is 12.0 Å². The molecule has 1 saturated carbocycles. The standard InChI is InChI=1S/C14H21N3O2/c1-3-6-15-12-7-13(9-14(8-12)17(18)19)16-10(2)11-4-5-11/h7-11,15-16H,3-6H2,1-2H3. The normalized spacial score (nSPS) is 15.9. The molecule has 1 aromatic carbocycles. The van der Waals surface area contributed by atoms with Crippen LogP contribution in [0.1, 0.15) is 33.1 Å². The molecule has 1 aliphatic carbocycles. The SMILES string of the molecule is CCCNc1cc(NC(C)C2CC2)cc([N+](=O)[O-])c1. The van der Waals surface area contributed by atoms with Crippen molar-refractivity contribution < 1.29 is 4.92 Å². The van der Waals surface area contributed by atoms with Gasteiger partial charge in [-0.25, -0.2) is 0 Å². The summed E-state index contributed by atoms with van der Waals surface area (Å²) in [5.41, 5.74) is 1.76. The molecule has 1 atom stereocenters. The Morgan fingerprint density at radius 2 is 2.05 bits per heavy atom. The lowest BCUT2D eigenvalue weighted by atomic mass is 10.2. The Bertz CT molecular complexity index is 458. The smallest absolute Gasteiger partial charge is 0.273 e. The van der Waals surface area contributed by atoms with Crippen LogP contribution in [0.15, 0.2) is 18.2 Å². The molecule has 104 valence electrons. The van der Waals surface area contributed by atoms with Crippen LogP contribution in [0.3, 0.4) is 0 Å². The zero-order chi connectivity index (χ0) is 13.8. The summed E-state index contributed by atoms with van der Waals surface area (Å²) in [5.74, 6) is 0.714. The minimum atomic E-state index is -0.343. The number of benzene rings is 1. The van der Waals surface area contributed by atoms with Gasteiger partial charge in [-0.05, 0) is 38.2 Å². The van der Waals surface area contributed by atoms with Crippen LogP contribution < -0.4 is 10.6 Å². The summed E-state index contributed by atoms with van der Waals surface area (Å²) >= 11 is 0. The Hall–Kier alpha value is -1.78. The van der Waals surface area contributed by atoms with Gasteiger partial charge in [0.05, 0.1) is 4.92 Å². The summed E-state index contributed by atoms with van der Waals surface area (Å²) in [5, 5.41) is 17.5. The molecule has 1 fully saturated rings. The van der Waals surface area contributed by atoms with Crippen LogP contribution in [-0.4, -0.2) is 17.5 Å². The lowest BCUT2D eigenvalue weighted by Crippen LogP contribution is -2.17. The predicted octanol–water partition coefficient (Wildman–Crippen LogP) is 3.63. The molecule has 0 aliphatic heterocycles. The molecule has 0 spiro atoms. The van der Waals surface area contributed by atoms with Crippen LogP contribution >= 0.6 is 0 Å². The van der Waals surface area contributed by atoms with Gasteiger partial charge in [-0.1, -0.05) is 6.92 Å². The van der Waals surface area contributed by atoms with Crippen LogP contribution in [0.4, 0.5) is 17.1 Å². The van der Waals surface area contributed by atoms with Gasteiger partial charge in [-0.3, -0.25) is 10.1 Å². The van der Waals surface area contributed by atoms with Crippen molar-refractivity contribution in [2.45, 2.75) is 39.2 Å². The van der Waals surface area contributed by atoms with Crippen LogP contribution in [0, 0.1) is 16.0 Å². The molecule has 5 nitrogen and oxygen atoms in total. The van der Waals surface area contributed by atoms with Gasteiger partial charge in [-0.15, -0.1) is 0 Å². The number of non-ortho nitro benzene ring substituents is 1. The topological polar surface area (TPSA) is 67.2 Å². The summed E-state index contributed by atoms with van der Waals surface area (Å²) in [7, 11) is 0. The van der Waals surface area contributed by atoms with E-state index in [9.17, 15) is 10.1 Å². The predicted molar refractivity (Wildman–Crippen MR) is 77.7 cm³/mol. The molecule has 1 aliphatic rings. The van der Waals surface area contributed by atoms with E-state index in [2.05, 4.69) is 24.5 Å². The Morgan fingerprint density at radius 1 is 1.37 bits per heavy atom. The Balaban J connectivity index is 2.15. The van der Waals surface area contributed by atoms with Gasteiger partial charge in [0.15, 0.2) is 0 Å². The molecule has 1 unspecified atom stereocenters. The summed E-state index contributed by atoms with van der Waals surface area (Å²) < 4.78 is 0. The highest BCUT2D eigenvalue weighted by Gasteiger charge is 2.28. The molecule has 2 N–H and O–H groups in total. The van der Waals surface area contributed by atoms with Gasteiger partial charge in [0.2, 0.25) is 0 Å². The van der Waals surface area contributed by atoms with Gasteiger partial charge in [0, 0.05) is 36.1 Å². The molecule has 0 amide bonds. The summed E-state index contributed by atoms with van der Waals surface area (Å²) in [6.45, 7) is 5.02. The number of nitro groups is 1. The lowest BCUT2D eigenvalue weighted by molar-refractivity contribution is -0.384. The Labute approximate surface area is 113 Å². The fourth-order valence-electron chi connectivity index (χ4n) is 2.15. The minimum Gasteiger partial charge on any atom is -0.385 e. The number of rotatable bonds is 7. The van der Waals surface area contributed by atoms with Crippen molar-refractivity contribution in [2.75, 3.05) is 17.2 Å². The van der Waals surface area contributed by atoms with Crippen molar-refractivity contribution in [2.24, 2.45) is 5.92 Å². The van der Waals surface area contributed by atoms with E-state index in [1.807, 2.05) is 6.07 Å². The number of nitrogens with one attached hydrogen (secondary N) is 2. The maximum atomic E-state index is 11.0. The third-order valence-corrected chi connectivity index (χ3v) is 3.43. The van der Waals surface area contributed by atoms with Crippen molar-refractivity contribution in [1.29, 1.82) is 0 Å². The average molecular weight is 263 g/mol. The first-order valence-corrected chi connectivity index (χ1v) is 6.90. The first kappa shape index (κ1) is 13.6. The largest absolute Gasteiger partial charge is 0.385 e. The van der Waals surface area contributed by atoms with Gasteiger partial charge in [0.1, 0.15) is 0 Å². The van der Waals surface area contributed by atoms with Crippen molar-refractivity contribution in [3.05, 3.63) is 28.3 Å². The van der Waals surface area contributed by atoms with E-state index in [1.165, 1.54) is 12.8 Å². The second-order valence-electron chi connectivity index (χ2n) is 5.22. The van der Waals surface area contributed by atoms with Crippen molar-refractivity contribution in [3.63, 3.8) is 0 Å². The number of nitro benzene ring substituents is 1. The van der Waals surface area contributed by atoms with Crippen LogP contribution in [-0.2, 0) is 0 Å². The molecule has 1 aromatic rings. The highest BCUT2D eigenvalue weighted by molar-refractivity contribution is 5.63. The van der Waals surface area contributed by atoms with E-state index in [1.54, 1.807) is 12.1 Å². The third kappa shape index (κ3) is 3.84. The number of hydrogen-bond donors (Lipinski definition) is 2. The number of hydrogen-bond acceptors (Lipinski definition) is 4. The maximum absolute atomic E-state index is 11.0. The number of anilines is 2. The molecule has 2 rings (SSSR count). The van der Waals surface area contributed by atoms with E-state index in [-0.39, 0.29) is 10.6 Å². The molecule has 0 radical (unpaired) electrons. The van der Waals surface area contributed by atoms with Crippen molar-refractivity contribution in [3.8, 4) is 0 Å². The molecular formula is C14H21N3O2. The summed E-state index contributed by atoms with van der Waals surface area (Å²) in [6, 6.07) is 5.52. The highest BCUT2D eigenvalue weighted by atomic mass is 16.6. The van der Waals surface area contributed by atoms with Crippen LogP contribution in [0.25, 0.3) is 0 Å². The molecule has 0 bridgehead atoms. The first-order valence-electron chi connectivity index (χ1n) is 6.90. The second kappa shape index (κ2) is 5.91. The molecule has 19 heavy (non-hydrogen) atoms. The van der Waals surface area contributed by atoms with E-state index >= 15 is 0 Å². The van der Waals surface area contributed by atoms with Crippen molar-refractivity contribution in [1.82, 2.24) is 0 Å². The van der Waals surface area contributed by atoms with Gasteiger partial charge < -0.3 is 10.6 Å². The minimum absolute atomic E-state index is 0.131. The molecule has 0 heterocycles. The number of nitrogens with zero attached hydrogens (tertiary/aromatic N) is 1. The van der Waals surface area contributed by atoms with Crippen molar-refractivity contribution >= 4 is 17.1 Å². The van der Waals surface area contributed by atoms with E-state index in [0.717, 1.165) is 24.3 Å². The quantitative estimate of drug-likeness (QED) is 0.582. The Morgan fingerprint density at radius 3 is 2.63 bits per heavy atom. The monoisotopic (exact) mass is 263 g/mol. The first-order chi connectivity index (χ1) is 9.10.